The highest BCUT2D eigenvalue weighted by Crippen LogP contribution is 2.35. The van der Waals surface area contributed by atoms with Gasteiger partial charge in [-0.3, -0.25) is 0 Å². The van der Waals surface area contributed by atoms with E-state index < -0.39 is 0 Å². The third kappa shape index (κ3) is 2.41. The Balaban J connectivity index is 1.88. The van der Waals surface area contributed by atoms with Crippen LogP contribution in [0.3, 0.4) is 0 Å². The predicted molar refractivity (Wildman–Crippen MR) is 74.5 cm³/mol. The summed E-state index contributed by atoms with van der Waals surface area (Å²) in [6, 6.07) is 0.517. The van der Waals surface area contributed by atoms with Crippen LogP contribution in [0.4, 0.5) is 0 Å². The van der Waals surface area contributed by atoms with E-state index in [0.717, 1.165) is 18.0 Å². The second-order valence-electron chi connectivity index (χ2n) is 5.63. The minimum Gasteiger partial charge on any atom is -0.388 e. The molecule has 2 aliphatic carbocycles. The minimum atomic E-state index is 0.396. The molecule has 2 fully saturated rings. The molecule has 98 valence electrons. The Morgan fingerprint density at radius 1 is 1.22 bits per heavy atom. The second-order valence-corrected chi connectivity index (χ2v) is 6.07. The van der Waals surface area contributed by atoms with Gasteiger partial charge in [0.05, 0.1) is 11.7 Å². The van der Waals surface area contributed by atoms with Gasteiger partial charge in [0.1, 0.15) is 10.7 Å². The average Bonchev–Trinajstić information content (AvgIpc) is 3.08. The Morgan fingerprint density at radius 2 is 1.94 bits per heavy atom. The Bertz CT molecular complexity index is 444. The van der Waals surface area contributed by atoms with Gasteiger partial charge in [0, 0.05) is 0 Å². The Labute approximate surface area is 113 Å². The summed E-state index contributed by atoms with van der Waals surface area (Å²) in [4.78, 5) is 0.396. The van der Waals surface area contributed by atoms with Gasteiger partial charge in [0.25, 0.3) is 0 Å². The zero-order valence-electron chi connectivity index (χ0n) is 10.6. The van der Waals surface area contributed by atoms with Gasteiger partial charge in [-0.2, -0.15) is 0 Å². The molecule has 0 saturated heterocycles. The summed E-state index contributed by atoms with van der Waals surface area (Å²) in [6.07, 6.45) is 10.1. The molecule has 0 radical (unpaired) electrons. The standard InChI is InChI=1S/C13H20N4S/c14-13(18)12-11(8-9-6-7-9)17(16-15-12)10-4-2-1-3-5-10/h9-10H,1-8H2,(H2,14,18). The fraction of sp³-hybridized carbons (Fsp3) is 0.769. The van der Waals surface area contributed by atoms with Crippen molar-refractivity contribution in [1.29, 1.82) is 0 Å². The van der Waals surface area contributed by atoms with Crippen LogP contribution in [-0.2, 0) is 6.42 Å². The number of rotatable bonds is 4. The van der Waals surface area contributed by atoms with Crippen molar-refractivity contribution in [2.45, 2.75) is 57.4 Å². The van der Waals surface area contributed by atoms with Gasteiger partial charge >= 0.3 is 0 Å². The number of hydrogen-bond donors (Lipinski definition) is 1. The Morgan fingerprint density at radius 3 is 2.56 bits per heavy atom. The van der Waals surface area contributed by atoms with Gasteiger partial charge in [-0.05, 0) is 38.0 Å². The molecule has 0 spiro atoms. The SMILES string of the molecule is NC(=S)c1nnn(C2CCCCC2)c1CC1CC1. The summed E-state index contributed by atoms with van der Waals surface area (Å²) in [6.45, 7) is 0. The monoisotopic (exact) mass is 264 g/mol. The van der Waals surface area contributed by atoms with Crippen LogP contribution in [-0.4, -0.2) is 20.0 Å². The van der Waals surface area contributed by atoms with Gasteiger partial charge in [-0.15, -0.1) is 5.10 Å². The molecule has 2 aliphatic rings. The molecule has 0 bridgehead atoms. The summed E-state index contributed by atoms with van der Waals surface area (Å²) in [7, 11) is 0. The number of nitrogens with two attached hydrogens (primary N) is 1. The van der Waals surface area contributed by atoms with Gasteiger partial charge in [-0.25, -0.2) is 4.68 Å². The molecule has 0 unspecified atom stereocenters. The quantitative estimate of drug-likeness (QED) is 0.848. The predicted octanol–water partition coefficient (Wildman–Crippen LogP) is 2.37. The van der Waals surface area contributed by atoms with Crippen LogP contribution in [0.25, 0.3) is 0 Å². The summed E-state index contributed by atoms with van der Waals surface area (Å²) >= 11 is 5.10. The maximum atomic E-state index is 5.77. The first-order chi connectivity index (χ1) is 8.75. The summed E-state index contributed by atoms with van der Waals surface area (Å²) in [5.41, 5.74) is 7.73. The summed E-state index contributed by atoms with van der Waals surface area (Å²) < 4.78 is 2.13. The maximum absolute atomic E-state index is 5.77. The normalized spacial score (nSPS) is 21.1. The minimum absolute atomic E-state index is 0.396. The van der Waals surface area contributed by atoms with Crippen molar-refractivity contribution < 1.29 is 0 Å². The molecular formula is C13H20N4S. The second kappa shape index (κ2) is 4.96. The molecule has 0 aromatic carbocycles. The van der Waals surface area contributed by atoms with Crippen molar-refractivity contribution in [3.63, 3.8) is 0 Å². The highest BCUT2D eigenvalue weighted by Gasteiger charge is 2.29. The van der Waals surface area contributed by atoms with Crippen LogP contribution in [0.15, 0.2) is 0 Å². The molecule has 2 saturated carbocycles. The number of hydrogen-bond acceptors (Lipinski definition) is 3. The van der Waals surface area contributed by atoms with Crippen molar-refractivity contribution in [3.05, 3.63) is 11.4 Å². The molecule has 1 aromatic rings. The van der Waals surface area contributed by atoms with Crippen LogP contribution in [0.5, 0.6) is 0 Å². The smallest absolute Gasteiger partial charge is 0.143 e. The van der Waals surface area contributed by atoms with E-state index in [-0.39, 0.29) is 0 Å². The number of aromatic nitrogens is 3. The lowest BCUT2D eigenvalue weighted by atomic mass is 9.95. The zero-order valence-corrected chi connectivity index (χ0v) is 11.5. The van der Waals surface area contributed by atoms with Crippen LogP contribution in [0.2, 0.25) is 0 Å². The van der Waals surface area contributed by atoms with Gasteiger partial charge in [0.15, 0.2) is 0 Å². The number of nitrogens with zero attached hydrogens (tertiary/aromatic N) is 3. The third-order valence-electron chi connectivity index (χ3n) is 4.12. The molecular weight excluding hydrogens is 244 g/mol. The van der Waals surface area contributed by atoms with E-state index in [1.54, 1.807) is 0 Å². The van der Waals surface area contributed by atoms with E-state index in [0.29, 0.717) is 11.0 Å². The Hall–Kier alpha value is -0.970. The fourth-order valence-corrected chi connectivity index (χ4v) is 3.07. The van der Waals surface area contributed by atoms with Crippen molar-refractivity contribution in [2.75, 3.05) is 0 Å². The molecule has 0 atom stereocenters. The van der Waals surface area contributed by atoms with E-state index in [9.17, 15) is 0 Å². The van der Waals surface area contributed by atoms with Crippen molar-refractivity contribution in [1.82, 2.24) is 15.0 Å². The highest BCUT2D eigenvalue weighted by atomic mass is 32.1. The first-order valence-electron chi connectivity index (χ1n) is 6.99. The van der Waals surface area contributed by atoms with E-state index in [4.69, 9.17) is 18.0 Å². The highest BCUT2D eigenvalue weighted by molar-refractivity contribution is 7.80. The third-order valence-corrected chi connectivity index (χ3v) is 4.32. The fourth-order valence-electron chi connectivity index (χ4n) is 2.91. The van der Waals surface area contributed by atoms with Gasteiger partial charge in [0.2, 0.25) is 0 Å². The molecule has 18 heavy (non-hydrogen) atoms. The van der Waals surface area contributed by atoms with E-state index >= 15 is 0 Å². The molecule has 5 heteroatoms. The molecule has 2 N–H and O–H groups in total. The summed E-state index contributed by atoms with van der Waals surface area (Å²) in [5.74, 6) is 0.805. The zero-order chi connectivity index (χ0) is 12.5. The van der Waals surface area contributed by atoms with Crippen molar-refractivity contribution in [2.24, 2.45) is 11.7 Å². The molecule has 1 aromatic heterocycles. The van der Waals surface area contributed by atoms with E-state index in [2.05, 4.69) is 15.0 Å². The van der Waals surface area contributed by atoms with E-state index in [1.165, 1.54) is 50.6 Å². The first kappa shape index (κ1) is 12.1. The average molecular weight is 264 g/mol. The van der Waals surface area contributed by atoms with Crippen LogP contribution in [0, 0.1) is 5.92 Å². The Kier molecular flexibility index (Phi) is 3.33. The first-order valence-corrected chi connectivity index (χ1v) is 7.40. The molecule has 1 heterocycles. The lowest BCUT2D eigenvalue weighted by Crippen LogP contribution is -2.19. The maximum Gasteiger partial charge on any atom is 0.143 e. The largest absolute Gasteiger partial charge is 0.388 e. The van der Waals surface area contributed by atoms with Gasteiger partial charge in [-0.1, -0.05) is 36.7 Å². The van der Waals surface area contributed by atoms with Crippen LogP contribution >= 0.6 is 12.2 Å². The molecule has 0 amide bonds. The lowest BCUT2D eigenvalue weighted by Gasteiger charge is -2.23. The summed E-state index contributed by atoms with van der Waals surface area (Å²) in [5, 5.41) is 8.56. The van der Waals surface area contributed by atoms with Gasteiger partial charge < -0.3 is 5.73 Å². The topological polar surface area (TPSA) is 56.7 Å². The number of thiocarbonyl (C=S) groups is 1. The molecule has 0 aliphatic heterocycles. The molecule has 3 rings (SSSR count). The van der Waals surface area contributed by atoms with Crippen LogP contribution < -0.4 is 5.73 Å². The lowest BCUT2D eigenvalue weighted by molar-refractivity contribution is 0.316. The van der Waals surface area contributed by atoms with Crippen molar-refractivity contribution in [3.8, 4) is 0 Å². The van der Waals surface area contributed by atoms with Crippen LogP contribution in [0.1, 0.15) is 62.4 Å². The molecule has 4 nitrogen and oxygen atoms in total. The van der Waals surface area contributed by atoms with Crippen molar-refractivity contribution >= 4 is 17.2 Å². The van der Waals surface area contributed by atoms with E-state index in [1.807, 2.05) is 0 Å².